The Hall–Kier alpha value is -0.770. The molecule has 1 fully saturated rings. The number of hydrogen-bond acceptors (Lipinski definition) is 3. The van der Waals surface area contributed by atoms with Crippen molar-refractivity contribution < 1.29 is 9.53 Å². The molecule has 0 spiro atoms. The van der Waals surface area contributed by atoms with E-state index in [4.69, 9.17) is 4.74 Å². The third kappa shape index (κ3) is 5.85. The summed E-state index contributed by atoms with van der Waals surface area (Å²) in [6.45, 7) is 17.5. The molecule has 4 nitrogen and oxygen atoms in total. The van der Waals surface area contributed by atoms with Gasteiger partial charge in [0.1, 0.15) is 5.60 Å². The number of likely N-dealkylation sites (tertiary alicyclic amines) is 1. The van der Waals surface area contributed by atoms with E-state index in [0.29, 0.717) is 5.92 Å². The van der Waals surface area contributed by atoms with Gasteiger partial charge in [0.2, 0.25) is 0 Å². The molecule has 0 radical (unpaired) electrons. The Kier molecular flexibility index (Phi) is 6.09. The lowest BCUT2D eigenvalue weighted by Gasteiger charge is -2.32. The van der Waals surface area contributed by atoms with Crippen LogP contribution in [0.25, 0.3) is 0 Å². The van der Waals surface area contributed by atoms with Gasteiger partial charge in [0.15, 0.2) is 0 Å². The zero-order chi connectivity index (χ0) is 16.3. The van der Waals surface area contributed by atoms with Crippen LogP contribution in [0.1, 0.15) is 61.3 Å². The SMILES string of the molecule is CC(C)C(C)(C)CNCC1CCCN1C(=O)OC(C)(C)C. The maximum absolute atomic E-state index is 12.2. The molecular formula is C17H34N2O2. The van der Waals surface area contributed by atoms with Gasteiger partial charge in [0.05, 0.1) is 0 Å². The van der Waals surface area contributed by atoms with Crippen LogP contribution < -0.4 is 5.32 Å². The second-order valence-corrected chi connectivity index (χ2v) is 8.24. The first-order valence-electron chi connectivity index (χ1n) is 8.23. The highest BCUT2D eigenvalue weighted by Gasteiger charge is 2.32. The molecule has 1 atom stereocenters. The Labute approximate surface area is 130 Å². The summed E-state index contributed by atoms with van der Waals surface area (Å²) < 4.78 is 5.50. The summed E-state index contributed by atoms with van der Waals surface area (Å²) in [5.74, 6) is 0.635. The maximum atomic E-state index is 12.2. The minimum Gasteiger partial charge on any atom is -0.444 e. The van der Waals surface area contributed by atoms with E-state index < -0.39 is 5.60 Å². The van der Waals surface area contributed by atoms with E-state index in [1.807, 2.05) is 25.7 Å². The molecule has 21 heavy (non-hydrogen) atoms. The zero-order valence-corrected chi connectivity index (χ0v) is 15.0. The van der Waals surface area contributed by atoms with Gasteiger partial charge in [0, 0.05) is 25.7 Å². The van der Waals surface area contributed by atoms with Gasteiger partial charge in [-0.2, -0.15) is 0 Å². The van der Waals surface area contributed by atoms with Crippen LogP contribution in [0, 0.1) is 11.3 Å². The number of rotatable bonds is 5. The highest BCUT2D eigenvalue weighted by atomic mass is 16.6. The Bertz CT molecular complexity index is 345. The van der Waals surface area contributed by atoms with Gasteiger partial charge >= 0.3 is 6.09 Å². The highest BCUT2D eigenvalue weighted by Crippen LogP contribution is 2.25. The quantitative estimate of drug-likeness (QED) is 0.842. The van der Waals surface area contributed by atoms with Crippen LogP contribution in [0.2, 0.25) is 0 Å². The Balaban J connectivity index is 2.46. The minimum atomic E-state index is -0.419. The van der Waals surface area contributed by atoms with Gasteiger partial charge in [-0.25, -0.2) is 4.79 Å². The molecule has 1 aliphatic heterocycles. The van der Waals surface area contributed by atoms with Gasteiger partial charge < -0.3 is 15.0 Å². The fourth-order valence-electron chi connectivity index (χ4n) is 2.37. The van der Waals surface area contributed by atoms with E-state index in [2.05, 4.69) is 33.0 Å². The normalized spacial score (nSPS) is 20.2. The Morgan fingerprint density at radius 1 is 1.29 bits per heavy atom. The molecule has 0 aromatic rings. The van der Waals surface area contributed by atoms with Crippen LogP contribution >= 0.6 is 0 Å². The third-order valence-electron chi connectivity index (χ3n) is 4.53. The number of hydrogen-bond donors (Lipinski definition) is 1. The number of nitrogens with one attached hydrogen (secondary N) is 1. The topological polar surface area (TPSA) is 41.6 Å². The fourth-order valence-corrected chi connectivity index (χ4v) is 2.37. The van der Waals surface area contributed by atoms with E-state index in [1.54, 1.807) is 0 Å². The second-order valence-electron chi connectivity index (χ2n) is 8.24. The second kappa shape index (κ2) is 6.99. The summed E-state index contributed by atoms with van der Waals surface area (Å²) in [4.78, 5) is 14.1. The predicted molar refractivity (Wildman–Crippen MR) is 87.5 cm³/mol. The van der Waals surface area contributed by atoms with Crippen molar-refractivity contribution in [2.75, 3.05) is 19.6 Å². The van der Waals surface area contributed by atoms with E-state index in [-0.39, 0.29) is 17.6 Å². The molecule has 1 amide bonds. The van der Waals surface area contributed by atoms with Gasteiger partial charge in [-0.05, 0) is 44.9 Å². The van der Waals surface area contributed by atoms with Crippen molar-refractivity contribution in [3.05, 3.63) is 0 Å². The Morgan fingerprint density at radius 2 is 1.90 bits per heavy atom. The van der Waals surface area contributed by atoms with E-state index >= 15 is 0 Å². The molecule has 1 unspecified atom stereocenters. The van der Waals surface area contributed by atoms with E-state index in [1.165, 1.54) is 0 Å². The number of carbonyl (C=O) groups excluding carboxylic acids is 1. The summed E-state index contributed by atoms with van der Waals surface area (Å²) >= 11 is 0. The molecule has 1 rings (SSSR count). The van der Waals surface area contributed by atoms with Gasteiger partial charge in [-0.15, -0.1) is 0 Å². The predicted octanol–water partition coefficient (Wildman–Crippen LogP) is 3.66. The minimum absolute atomic E-state index is 0.171. The fraction of sp³-hybridized carbons (Fsp3) is 0.941. The maximum Gasteiger partial charge on any atom is 0.410 e. The first-order valence-corrected chi connectivity index (χ1v) is 8.23. The monoisotopic (exact) mass is 298 g/mol. The summed E-state index contributed by atoms with van der Waals surface area (Å²) in [7, 11) is 0. The van der Waals surface area contributed by atoms with Crippen molar-refractivity contribution in [1.29, 1.82) is 0 Å². The third-order valence-corrected chi connectivity index (χ3v) is 4.53. The Morgan fingerprint density at radius 3 is 2.43 bits per heavy atom. The van der Waals surface area contributed by atoms with Crippen molar-refractivity contribution in [3.8, 4) is 0 Å². The van der Waals surface area contributed by atoms with Crippen LogP contribution in [-0.2, 0) is 4.74 Å². The molecule has 0 bridgehead atoms. The molecule has 0 aliphatic carbocycles. The standard InChI is InChI=1S/C17H34N2O2/c1-13(2)17(6,7)12-18-11-14-9-8-10-19(14)15(20)21-16(3,4)5/h13-14,18H,8-12H2,1-7H3. The van der Waals surface area contributed by atoms with E-state index in [0.717, 1.165) is 32.5 Å². The van der Waals surface area contributed by atoms with Crippen LogP contribution in [0.15, 0.2) is 0 Å². The number of nitrogens with zero attached hydrogens (tertiary/aromatic N) is 1. The molecule has 4 heteroatoms. The van der Waals surface area contributed by atoms with Crippen molar-refractivity contribution in [2.45, 2.75) is 73.0 Å². The number of amides is 1. The van der Waals surface area contributed by atoms with Gasteiger partial charge in [-0.1, -0.05) is 27.7 Å². The van der Waals surface area contributed by atoms with Gasteiger partial charge in [0.25, 0.3) is 0 Å². The van der Waals surface area contributed by atoms with Crippen molar-refractivity contribution >= 4 is 6.09 Å². The average molecular weight is 298 g/mol. The molecule has 0 aromatic carbocycles. The first kappa shape index (κ1) is 18.3. The molecule has 0 saturated carbocycles. The lowest BCUT2D eigenvalue weighted by Crippen LogP contribution is -2.45. The summed E-state index contributed by atoms with van der Waals surface area (Å²) in [6.07, 6.45) is 1.96. The molecule has 1 saturated heterocycles. The van der Waals surface area contributed by atoms with Crippen LogP contribution in [-0.4, -0.2) is 42.3 Å². The molecular weight excluding hydrogens is 264 g/mol. The van der Waals surface area contributed by atoms with E-state index in [9.17, 15) is 4.79 Å². The summed E-state index contributed by atoms with van der Waals surface area (Å²) in [5.41, 5.74) is -0.146. The van der Waals surface area contributed by atoms with Crippen LogP contribution in [0.4, 0.5) is 4.79 Å². The lowest BCUT2D eigenvalue weighted by molar-refractivity contribution is 0.0224. The average Bonchev–Trinajstić information content (AvgIpc) is 2.74. The zero-order valence-electron chi connectivity index (χ0n) is 15.0. The van der Waals surface area contributed by atoms with Crippen LogP contribution in [0.3, 0.4) is 0 Å². The first-order chi connectivity index (χ1) is 9.53. The smallest absolute Gasteiger partial charge is 0.410 e. The molecule has 1 heterocycles. The van der Waals surface area contributed by atoms with Crippen LogP contribution in [0.5, 0.6) is 0 Å². The molecule has 124 valence electrons. The van der Waals surface area contributed by atoms with Crippen molar-refractivity contribution in [2.24, 2.45) is 11.3 Å². The summed E-state index contributed by atoms with van der Waals surface area (Å²) in [5, 5.41) is 3.55. The molecule has 0 aromatic heterocycles. The summed E-state index contributed by atoms with van der Waals surface area (Å²) in [6, 6.07) is 0.266. The largest absolute Gasteiger partial charge is 0.444 e. The number of ether oxygens (including phenoxy) is 1. The number of carbonyl (C=O) groups is 1. The van der Waals surface area contributed by atoms with Crippen molar-refractivity contribution in [3.63, 3.8) is 0 Å². The molecule has 1 aliphatic rings. The van der Waals surface area contributed by atoms with Crippen molar-refractivity contribution in [1.82, 2.24) is 10.2 Å². The lowest BCUT2D eigenvalue weighted by atomic mass is 9.81. The molecule has 1 N–H and O–H groups in total. The highest BCUT2D eigenvalue weighted by molar-refractivity contribution is 5.69. The van der Waals surface area contributed by atoms with Gasteiger partial charge in [-0.3, -0.25) is 0 Å².